The minimum atomic E-state index is -3.47. The van der Waals surface area contributed by atoms with Gasteiger partial charge in [-0.2, -0.15) is 0 Å². The molecule has 0 saturated carbocycles. The van der Waals surface area contributed by atoms with Crippen molar-refractivity contribution in [1.29, 1.82) is 0 Å². The Hall–Kier alpha value is -0.950. The van der Waals surface area contributed by atoms with E-state index in [2.05, 4.69) is 10.0 Å². The third-order valence-corrected chi connectivity index (χ3v) is 4.31. The Kier molecular flexibility index (Phi) is 5.93. The van der Waals surface area contributed by atoms with Crippen molar-refractivity contribution < 1.29 is 8.42 Å². The molecule has 6 heteroatoms. The van der Waals surface area contributed by atoms with Crippen molar-refractivity contribution in [3.05, 3.63) is 29.8 Å². The Labute approximate surface area is 116 Å². The van der Waals surface area contributed by atoms with Crippen LogP contribution in [-0.4, -0.2) is 47.0 Å². The second-order valence-corrected chi connectivity index (χ2v) is 6.61. The number of likely N-dealkylation sites (N-methyl/N-ethyl adjacent to an activating group) is 1. The van der Waals surface area contributed by atoms with Crippen LogP contribution in [0.4, 0.5) is 0 Å². The van der Waals surface area contributed by atoms with Crippen molar-refractivity contribution in [3.8, 4) is 0 Å². The molecule has 0 radical (unpaired) electrons. The Bertz CT molecular complexity index is 500. The zero-order valence-electron chi connectivity index (χ0n) is 12.0. The molecule has 0 spiro atoms. The van der Waals surface area contributed by atoms with Gasteiger partial charge in [0.25, 0.3) is 0 Å². The molecule has 0 aromatic heterocycles. The number of rotatable bonds is 7. The minimum Gasteiger partial charge on any atom is -0.316 e. The van der Waals surface area contributed by atoms with Gasteiger partial charge in [0, 0.05) is 19.1 Å². The number of hydrogen-bond acceptors (Lipinski definition) is 4. The summed E-state index contributed by atoms with van der Waals surface area (Å²) in [5.41, 5.74) is 0.773. The zero-order chi connectivity index (χ0) is 14.5. The van der Waals surface area contributed by atoms with E-state index in [-0.39, 0.29) is 6.04 Å². The summed E-state index contributed by atoms with van der Waals surface area (Å²) in [5, 5.41) is 2.98. The van der Waals surface area contributed by atoms with Crippen molar-refractivity contribution in [2.45, 2.75) is 24.4 Å². The molecule has 0 saturated heterocycles. The summed E-state index contributed by atoms with van der Waals surface area (Å²) in [6, 6.07) is 6.90. The van der Waals surface area contributed by atoms with Crippen LogP contribution in [0, 0.1) is 0 Å². The molecule has 0 aliphatic carbocycles. The van der Waals surface area contributed by atoms with Gasteiger partial charge in [-0.25, -0.2) is 13.1 Å². The second kappa shape index (κ2) is 7.00. The maximum absolute atomic E-state index is 12.4. The first-order chi connectivity index (χ1) is 8.86. The highest BCUT2D eigenvalue weighted by Gasteiger charge is 2.20. The normalized spacial score (nSPS) is 13.7. The summed E-state index contributed by atoms with van der Waals surface area (Å²) in [7, 11) is 2.16. The van der Waals surface area contributed by atoms with Crippen LogP contribution < -0.4 is 10.0 Å². The van der Waals surface area contributed by atoms with Gasteiger partial charge in [-0.05, 0) is 39.7 Å². The fourth-order valence-corrected chi connectivity index (χ4v) is 3.49. The van der Waals surface area contributed by atoms with Gasteiger partial charge in [-0.1, -0.05) is 18.2 Å². The molecule has 1 atom stereocenters. The second-order valence-electron chi connectivity index (χ2n) is 4.92. The van der Waals surface area contributed by atoms with Gasteiger partial charge in [0.05, 0.1) is 4.90 Å². The van der Waals surface area contributed by atoms with Crippen LogP contribution >= 0.6 is 0 Å². The molecule has 19 heavy (non-hydrogen) atoms. The molecular formula is C13H23N3O2S. The topological polar surface area (TPSA) is 61.4 Å². The summed E-state index contributed by atoms with van der Waals surface area (Å²) in [5.74, 6) is 0. The molecule has 1 unspecified atom stereocenters. The molecule has 2 N–H and O–H groups in total. The van der Waals surface area contributed by atoms with E-state index in [1.807, 2.05) is 38.1 Å². The van der Waals surface area contributed by atoms with Gasteiger partial charge in [0.2, 0.25) is 10.0 Å². The lowest BCUT2D eigenvalue weighted by Gasteiger charge is -2.19. The smallest absolute Gasteiger partial charge is 0.241 e. The number of sulfonamides is 1. The SMILES string of the molecule is CNCc1ccccc1S(=O)(=O)NC(C)CN(C)C. The molecule has 0 heterocycles. The number of benzene rings is 1. The first-order valence-corrected chi connectivity index (χ1v) is 7.74. The quantitative estimate of drug-likeness (QED) is 0.771. The average Bonchev–Trinajstić information content (AvgIpc) is 2.27. The molecule has 1 aromatic rings. The number of nitrogens with one attached hydrogen (secondary N) is 2. The van der Waals surface area contributed by atoms with Crippen LogP contribution in [0.1, 0.15) is 12.5 Å². The van der Waals surface area contributed by atoms with Gasteiger partial charge in [-0.15, -0.1) is 0 Å². The van der Waals surface area contributed by atoms with Crippen LogP contribution in [0.15, 0.2) is 29.2 Å². The highest BCUT2D eigenvalue weighted by Crippen LogP contribution is 2.15. The molecule has 0 fully saturated rings. The van der Waals surface area contributed by atoms with E-state index in [4.69, 9.17) is 0 Å². The van der Waals surface area contributed by atoms with Gasteiger partial charge in [0.15, 0.2) is 0 Å². The first kappa shape index (κ1) is 16.1. The van der Waals surface area contributed by atoms with Crippen LogP contribution in [0.5, 0.6) is 0 Å². The number of hydrogen-bond donors (Lipinski definition) is 2. The molecule has 0 aliphatic heterocycles. The molecular weight excluding hydrogens is 262 g/mol. The molecule has 1 aromatic carbocycles. The third kappa shape index (κ3) is 4.91. The Morgan fingerprint density at radius 3 is 2.47 bits per heavy atom. The maximum atomic E-state index is 12.4. The van der Waals surface area contributed by atoms with E-state index in [0.29, 0.717) is 18.0 Å². The minimum absolute atomic E-state index is 0.136. The van der Waals surface area contributed by atoms with Crippen molar-refractivity contribution in [2.75, 3.05) is 27.7 Å². The van der Waals surface area contributed by atoms with Crippen molar-refractivity contribution in [2.24, 2.45) is 0 Å². The standard InChI is InChI=1S/C13H23N3O2S/c1-11(10-16(3)4)15-19(17,18)13-8-6-5-7-12(13)9-14-2/h5-8,11,14-15H,9-10H2,1-4H3. The van der Waals surface area contributed by atoms with E-state index in [9.17, 15) is 8.42 Å². The van der Waals surface area contributed by atoms with Gasteiger partial charge in [-0.3, -0.25) is 0 Å². The summed E-state index contributed by atoms with van der Waals surface area (Å²) in [4.78, 5) is 2.29. The lowest BCUT2D eigenvalue weighted by molar-refractivity contribution is 0.370. The van der Waals surface area contributed by atoms with Gasteiger partial charge < -0.3 is 10.2 Å². The van der Waals surface area contributed by atoms with E-state index in [1.165, 1.54) is 0 Å². The lowest BCUT2D eigenvalue weighted by atomic mass is 10.2. The lowest BCUT2D eigenvalue weighted by Crippen LogP contribution is -2.39. The maximum Gasteiger partial charge on any atom is 0.241 e. The van der Waals surface area contributed by atoms with E-state index < -0.39 is 10.0 Å². The number of nitrogens with zero attached hydrogens (tertiary/aromatic N) is 1. The largest absolute Gasteiger partial charge is 0.316 e. The third-order valence-electron chi connectivity index (χ3n) is 2.62. The van der Waals surface area contributed by atoms with E-state index in [0.717, 1.165) is 5.56 Å². The molecule has 0 amide bonds. The van der Waals surface area contributed by atoms with Crippen LogP contribution in [0.3, 0.4) is 0 Å². The Balaban J connectivity index is 2.94. The molecule has 108 valence electrons. The molecule has 0 bridgehead atoms. The Morgan fingerprint density at radius 1 is 1.26 bits per heavy atom. The summed E-state index contributed by atoms with van der Waals surface area (Å²) in [6.07, 6.45) is 0. The molecule has 5 nitrogen and oxygen atoms in total. The van der Waals surface area contributed by atoms with E-state index >= 15 is 0 Å². The summed E-state index contributed by atoms with van der Waals surface area (Å²) in [6.45, 7) is 3.05. The zero-order valence-corrected chi connectivity index (χ0v) is 12.8. The van der Waals surface area contributed by atoms with Crippen LogP contribution in [-0.2, 0) is 16.6 Å². The van der Waals surface area contributed by atoms with E-state index in [1.54, 1.807) is 19.2 Å². The summed E-state index contributed by atoms with van der Waals surface area (Å²) >= 11 is 0. The van der Waals surface area contributed by atoms with Crippen LogP contribution in [0.25, 0.3) is 0 Å². The molecule has 0 aliphatic rings. The van der Waals surface area contributed by atoms with Crippen molar-refractivity contribution >= 4 is 10.0 Å². The highest BCUT2D eigenvalue weighted by atomic mass is 32.2. The summed E-state index contributed by atoms with van der Waals surface area (Å²) < 4.78 is 27.4. The fraction of sp³-hybridized carbons (Fsp3) is 0.538. The molecule has 1 rings (SSSR count). The predicted octanol–water partition coefficient (Wildman–Crippen LogP) is 0.634. The fourth-order valence-electron chi connectivity index (χ4n) is 2.02. The first-order valence-electron chi connectivity index (χ1n) is 6.26. The highest BCUT2D eigenvalue weighted by molar-refractivity contribution is 7.89. The van der Waals surface area contributed by atoms with Gasteiger partial charge >= 0.3 is 0 Å². The van der Waals surface area contributed by atoms with Crippen molar-refractivity contribution in [1.82, 2.24) is 14.9 Å². The monoisotopic (exact) mass is 285 g/mol. The van der Waals surface area contributed by atoms with Crippen LogP contribution in [0.2, 0.25) is 0 Å². The average molecular weight is 285 g/mol. The Morgan fingerprint density at radius 2 is 1.89 bits per heavy atom. The van der Waals surface area contributed by atoms with Gasteiger partial charge in [0.1, 0.15) is 0 Å². The van der Waals surface area contributed by atoms with Crippen molar-refractivity contribution in [3.63, 3.8) is 0 Å². The predicted molar refractivity (Wildman–Crippen MR) is 77.5 cm³/mol.